The molecule has 5 heteroatoms. The molecular formula is C15H22N2O3. The second-order valence-corrected chi connectivity index (χ2v) is 5.83. The van der Waals surface area contributed by atoms with Crippen LogP contribution in [0.15, 0.2) is 24.5 Å². The zero-order valence-electron chi connectivity index (χ0n) is 12.2. The van der Waals surface area contributed by atoms with Gasteiger partial charge < -0.3 is 15.2 Å². The van der Waals surface area contributed by atoms with Crippen LogP contribution < -0.4 is 5.32 Å². The normalized spacial score (nSPS) is 27.7. The number of hydrogen-bond acceptors (Lipinski definition) is 4. The molecule has 1 heterocycles. The highest BCUT2D eigenvalue weighted by molar-refractivity contribution is 5.93. The summed E-state index contributed by atoms with van der Waals surface area (Å²) >= 11 is 0. The maximum absolute atomic E-state index is 12.0. The van der Waals surface area contributed by atoms with E-state index < -0.39 is 5.60 Å². The average molecular weight is 278 g/mol. The van der Waals surface area contributed by atoms with Crippen LogP contribution in [0.5, 0.6) is 0 Å². The number of nitrogens with one attached hydrogen (secondary N) is 1. The van der Waals surface area contributed by atoms with Crippen LogP contribution in [0.3, 0.4) is 0 Å². The predicted octanol–water partition coefficient (Wildman–Crippen LogP) is 1.38. The van der Waals surface area contributed by atoms with Crippen molar-refractivity contribution in [3.8, 4) is 0 Å². The van der Waals surface area contributed by atoms with E-state index in [4.69, 9.17) is 4.74 Å². The lowest BCUT2D eigenvalue weighted by molar-refractivity contribution is -0.237. The van der Waals surface area contributed by atoms with Gasteiger partial charge in [0.2, 0.25) is 0 Å². The van der Waals surface area contributed by atoms with E-state index in [0.717, 1.165) is 0 Å². The minimum absolute atomic E-state index is 0.0350. The zero-order chi connectivity index (χ0) is 14.8. The molecule has 20 heavy (non-hydrogen) atoms. The lowest BCUT2D eigenvalue weighted by Crippen LogP contribution is -2.68. The third-order valence-electron chi connectivity index (χ3n) is 4.36. The van der Waals surface area contributed by atoms with Crippen molar-refractivity contribution in [1.82, 2.24) is 10.3 Å². The van der Waals surface area contributed by atoms with Gasteiger partial charge in [-0.2, -0.15) is 0 Å². The number of carbonyl (C=O) groups is 1. The highest BCUT2D eigenvalue weighted by Crippen LogP contribution is 2.50. The molecule has 1 aliphatic carbocycles. The molecule has 0 bridgehead atoms. The summed E-state index contributed by atoms with van der Waals surface area (Å²) in [5, 5.41) is 13.4. The Hall–Kier alpha value is -1.46. The Kier molecular flexibility index (Phi) is 4.11. The van der Waals surface area contributed by atoms with Crippen LogP contribution in [0, 0.1) is 5.41 Å². The first-order chi connectivity index (χ1) is 9.40. The van der Waals surface area contributed by atoms with Crippen LogP contribution in [-0.2, 0) is 4.74 Å². The van der Waals surface area contributed by atoms with Gasteiger partial charge >= 0.3 is 0 Å². The predicted molar refractivity (Wildman–Crippen MR) is 75.3 cm³/mol. The van der Waals surface area contributed by atoms with Crippen molar-refractivity contribution in [1.29, 1.82) is 0 Å². The highest BCUT2D eigenvalue weighted by atomic mass is 16.5. The molecule has 1 saturated carbocycles. The Bertz CT molecular complexity index is 475. The summed E-state index contributed by atoms with van der Waals surface area (Å²) in [5.41, 5.74) is -0.801. The van der Waals surface area contributed by atoms with Gasteiger partial charge in [-0.3, -0.25) is 9.78 Å². The summed E-state index contributed by atoms with van der Waals surface area (Å²) in [5.74, 6) is -0.220. The van der Waals surface area contributed by atoms with Crippen LogP contribution in [0.25, 0.3) is 0 Å². The fourth-order valence-corrected chi connectivity index (χ4v) is 2.59. The van der Waals surface area contributed by atoms with Gasteiger partial charge in [0.05, 0.1) is 17.3 Å². The van der Waals surface area contributed by atoms with Crippen molar-refractivity contribution in [3.63, 3.8) is 0 Å². The summed E-state index contributed by atoms with van der Waals surface area (Å²) in [6.07, 6.45) is 3.70. The number of pyridine rings is 1. The minimum atomic E-state index is -0.926. The first-order valence-corrected chi connectivity index (χ1v) is 6.93. The van der Waals surface area contributed by atoms with E-state index in [-0.39, 0.29) is 24.0 Å². The monoisotopic (exact) mass is 278 g/mol. The van der Waals surface area contributed by atoms with E-state index >= 15 is 0 Å². The Balaban J connectivity index is 1.93. The third-order valence-corrected chi connectivity index (χ3v) is 4.36. The standard InChI is InChI=1S/C15H22N2O3/c1-4-20-12-8-15(19,14(12,2)3)10-17-13(18)11-6-5-7-16-9-11/h5-7,9,12,19H,4,8,10H2,1-3H3,(H,17,18)/t12-,15+/m0/s1. The third kappa shape index (κ3) is 2.55. The van der Waals surface area contributed by atoms with Gasteiger partial charge in [-0.1, -0.05) is 13.8 Å². The average Bonchev–Trinajstić information content (AvgIpc) is 2.45. The number of ether oxygens (including phenoxy) is 1. The Morgan fingerprint density at radius 2 is 2.35 bits per heavy atom. The number of hydrogen-bond donors (Lipinski definition) is 2. The molecular weight excluding hydrogens is 256 g/mol. The SMILES string of the molecule is CCO[C@H]1C[C@@](O)(CNC(=O)c2cccnc2)C1(C)C. The molecule has 1 aromatic heterocycles. The van der Waals surface area contributed by atoms with Crippen LogP contribution in [0.1, 0.15) is 37.6 Å². The van der Waals surface area contributed by atoms with E-state index in [1.807, 2.05) is 20.8 Å². The molecule has 1 aromatic rings. The van der Waals surface area contributed by atoms with Crippen molar-refractivity contribution >= 4 is 5.91 Å². The first kappa shape index (κ1) is 14.9. The second kappa shape index (κ2) is 5.50. The van der Waals surface area contributed by atoms with Gasteiger partial charge in [-0.15, -0.1) is 0 Å². The molecule has 2 rings (SSSR count). The van der Waals surface area contributed by atoms with Crippen LogP contribution in [-0.4, -0.2) is 40.9 Å². The fraction of sp³-hybridized carbons (Fsp3) is 0.600. The molecule has 110 valence electrons. The summed E-state index contributed by atoms with van der Waals surface area (Å²) in [6.45, 7) is 6.72. The van der Waals surface area contributed by atoms with Gasteiger partial charge in [-0.05, 0) is 19.1 Å². The van der Waals surface area contributed by atoms with Crippen molar-refractivity contribution in [2.24, 2.45) is 5.41 Å². The molecule has 1 fully saturated rings. The Morgan fingerprint density at radius 3 is 2.90 bits per heavy atom. The zero-order valence-corrected chi connectivity index (χ0v) is 12.2. The van der Waals surface area contributed by atoms with Crippen molar-refractivity contribution in [3.05, 3.63) is 30.1 Å². The molecule has 0 aliphatic heterocycles. The molecule has 0 saturated heterocycles. The number of nitrogens with zero attached hydrogens (tertiary/aromatic N) is 1. The number of amides is 1. The van der Waals surface area contributed by atoms with E-state index in [2.05, 4.69) is 10.3 Å². The molecule has 2 atom stereocenters. The smallest absolute Gasteiger partial charge is 0.252 e. The second-order valence-electron chi connectivity index (χ2n) is 5.83. The fourth-order valence-electron chi connectivity index (χ4n) is 2.59. The van der Waals surface area contributed by atoms with E-state index in [9.17, 15) is 9.90 Å². The quantitative estimate of drug-likeness (QED) is 0.853. The molecule has 1 amide bonds. The molecule has 0 spiro atoms. The number of aliphatic hydroxyl groups is 1. The topological polar surface area (TPSA) is 71.5 Å². The molecule has 5 nitrogen and oxygen atoms in total. The molecule has 1 aliphatic rings. The number of aromatic nitrogens is 1. The molecule has 0 radical (unpaired) electrons. The number of rotatable bonds is 5. The van der Waals surface area contributed by atoms with Gasteiger partial charge in [0, 0.05) is 37.4 Å². The summed E-state index contributed by atoms with van der Waals surface area (Å²) < 4.78 is 5.60. The largest absolute Gasteiger partial charge is 0.387 e. The van der Waals surface area contributed by atoms with Crippen molar-refractivity contribution in [2.45, 2.75) is 38.9 Å². The maximum Gasteiger partial charge on any atom is 0.252 e. The lowest BCUT2D eigenvalue weighted by atomic mass is 9.56. The van der Waals surface area contributed by atoms with E-state index in [1.54, 1.807) is 18.3 Å². The summed E-state index contributed by atoms with van der Waals surface area (Å²) in [4.78, 5) is 15.9. The van der Waals surface area contributed by atoms with Crippen molar-refractivity contribution in [2.75, 3.05) is 13.2 Å². The van der Waals surface area contributed by atoms with Crippen LogP contribution >= 0.6 is 0 Å². The van der Waals surface area contributed by atoms with E-state index in [1.165, 1.54) is 6.20 Å². The molecule has 2 N–H and O–H groups in total. The van der Waals surface area contributed by atoms with Gasteiger partial charge in [0.15, 0.2) is 0 Å². The lowest BCUT2D eigenvalue weighted by Gasteiger charge is -2.57. The van der Waals surface area contributed by atoms with Crippen LogP contribution in [0.4, 0.5) is 0 Å². The number of carbonyl (C=O) groups excluding carboxylic acids is 1. The minimum Gasteiger partial charge on any atom is -0.387 e. The summed E-state index contributed by atoms with van der Waals surface area (Å²) in [7, 11) is 0. The summed E-state index contributed by atoms with van der Waals surface area (Å²) in [6, 6.07) is 3.41. The van der Waals surface area contributed by atoms with Gasteiger partial charge in [0.25, 0.3) is 5.91 Å². The maximum atomic E-state index is 12.0. The Morgan fingerprint density at radius 1 is 1.60 bits per heavy atom. The molecule has 0 aromatic carbocycles. The van der Waals surface area contributed by atoms with Gasteiger partial charge in [-0.25, -0.2) is 0 Å². The Labute approximate surface area is 119 Å². The van der Waals surface area contributed by atoms with Crippen LogP contribution in [0.2, 0.25) is 0 Å². The first-order valence-electron chi connectivity index (χ1n) is 6.93. The van der Waals surface area contributed by atoms with Crippen molar-refractivity contribution < 1.29 is 14.6 Å². The highest BCUT2D eigenvalue weighted by Gasteiger charge is 2.59. The van der Waals surface area contributed by atoms with Gasteiger partial charge in [0.1, 0.15) is 0 Å². The molecule has 0 unspecified atom stereocenters. The van der Waals surface area contributed by atoms with E-state index in [0.29, 0.717) is 18.6 Å².